The molecule has 1 aliphatic carbocycles. The topological polar surface area (TPSA) is 12.0 Å². The van der Waals surface area contributed by atoms with E-state index in [1.54, 1.807) is 0 Å². The van der Waals surface area contributed by atoms with Gasteiger partial charge in [-0.2, -0.15) is 0 Å². The zero-order valence-corrected chi connectivity index (χ0v) is 10.3. The molecule has 0 aromatic heterocycles. The first-order valence-corrected chi connectivity index (χ1v) is 6.35. The molecule has 1 fully saturated rings. The molecule has 0 unspecified atom stereocenters. The Kier molecular flexibility index (Phi) is 4.94. The predicted octanol–water partition coefficient (Wildman–Crippen LogP) is 3.59. The molecule has 1 N–H and O–H groups in total. The molecule has 0 radical (unpaired) electrons. The van der Waals surface area contributed by atoms with E-state index in [4.69, 9.17) is 0 Å². The van der Waals surface area contributed by atoms with Gasteiger partial charge in [-0.25, -0.2) is 0 Å². The van der Waals surface area contributed by atoms with Crippen molar-refractivity contribution in [2.24, 2.45) is 11.8 Å². The fourth-order valence-electron chi connectivity index (χ4n) is 2.74. The Balaban J connectivity index is 2.41. The third kappa shape index (κ3) is 4.00. The first-order chi connectivity index (χ1) is 6.59. The van der Waals surface area contributed by atoms with E-state index in [0.717, 1.165) is 17.9 Å². The van der Waals surface area contributed by atoms with E-state index in [0.29, 0.717) is 6.04 Å². The number of hydrogen-bond donors (Lipinski definition) is 1. The molecule has 0 amide bonds. The van der Waals surface area contributed by atoms with Gasteiger partial charge in [0.2, 0.25) is 0 Å². The van der Waals surface area contributed by atoms with Gasteiger partial charge >= 0.3 is 0 Å². The lowest BCUT2D eigenvalue weighted by molar-refractivity contribution is 0.219. The van der Waals surface area contributed by atoms with Crippen LogP contribution in [0.2, 0.25) is 0 Å². The van der Waals surface area contributed by atoms with Gasteiger partial charge in [-0.1, -0.05) is 40.5 Å². The van der Waals surface area contributed by atoms with Crippen molar-refractivity contribution in [3.8, 4) is 0 Å². The second-order valence-corrected chi connectivity index (χ2v) is 5.60. The Hall–Kier alpha value is -0.0400. The summed E-state index contributed by atoms with van der Waals surface area (Å²) in [5, 5.41) is 3.74. The summed E-state index contributed by atoms with van der Waals surface area (Å²) in [5.41, 5.74) is 0. The number of hydrogen-bond acceptors (Lipinski definition) is 1. The van der Waals surface area contributed by atoms with Gasteiger partial charge in [0, 0.05) is 12.1 Å². The van der Waals surface area contributed by atoms with Crippen molar-refractivity contribution in [1.82, 2.24) is 5.32 Å². The molecule has 0 aromatic carbocycles. The zero-order valence-electron chi connectivity index (χ0n) is 10.3. The van der Waals surface area contributed by atoms with Crippen LogP contribution < -0.4 is 5.32 Å². The lowest BCUT2D eigenvalue weighted by atomic mass is 9.79. The SMILES string of the molecule is CC(C)C[C@H]1CCCC[C@@H]1NC(C)C. The maximum atomic E-state index is 3.74. The van der Waals surface area contributed by atoms with Gasteiger partial charge < -0.3 is 5.32 Å². The summed E-state index contributed by atoms with van der Waals surface area (Å²) < 4.78 is 0. The second kappa shape index (κ2) is 5.75. The lowest BCUT2D eigenvalue weighted by Gasteiger charge is -2.34. The van der Waals surface area contributed by atoms with Crippen LogP contribution in [0.25, 0.3) is 0 Å². The Morgan fingerprint density at radius 2 is 1.71 bits per heavy atom. The third-order valence-electron chi connectivity index (χ3n) is 3.23. The van der Waals surface area contributed by atoms with Crippen molar-refractivity contribution >= 4 is 0 Å². The molecule has 0 aromatic rings. The van der Waals surface area contributed by atoms with Crippen molar-refractivity contribution < 1.29 is 0 Å². The Labute approximate surface area is 89.7 Å². The smallest absolute Gasteiger partial charge is 0.00977 e. The number of rotatable bonds is 4. The highest BCUT2D eigenvalue weighted by atomic mass is 14.9. The minimum absolute atomic E-state index is 0.646. The molecule has 0 saturated heterocycles. The first-order valence-electron chi connectivity index (χ1n) is 6.35. The van der Waals surface area contributed by atoms with Gasteiger partial charge in [0.1, 0.15) is 0 Å². The van der Waals surface area contributed by atoms with Crippen LogP contribution in [0.15, 0.2) is 0 Å². The first kappa shape index (κ1) is 12.0. The largest absolute Gasteiger partial charge is 0.312 e. The summed E-state index contributed by atoms with van der Waals surface area (Å²) in [4.78, 5) is 0. The van der Waals surface area contributed by atoms with E-state index in [2.05, 4.69) is 33.0 Å². The van der Waals surface area contributed by atoms with Gasteiger partial charge in [-0.15, -0.1) is 0 Å². The Morgan fingerprint density at radius 1 is 1.07 bits per heavy atom. The van der Waals surface area contributed by atoms with Crippen molar-refractivity contribution in [1.29, 1.82) is 0 Å². The van der Waals surface area contributed by atoms with Crippen LogP contribution in [-0.4, -0.2) is 12.1 Å². The van der Waals surface area contributed by atoms with Gasteiger partial charge in [-0.05, 0) is 31.1 Å². The average Bonchev–Trinajstić information content (AvgIpc) is 2.06. The summed E-state index contributed by atoms with van der Waals surface area (Å²) in [7, 11) is 0. The molecule has 84 valence electrons. The van der Waals surface area contributed by atoms with Crippen LogP contribution in [-0.2, 0) is 0 Å². The van der Waals surface area contributed by atoms with Crippen LogP contribution in [0.4, 0.5) is 0 Å². The molecule has 14 heavy (non-hydrogen) atoms. The van der Waals surface area contributed by atoms with E-state index >= 15 is 0 Å². The molecular formula is C13H27N. The highest BCUT2D eigenvalue weighted by Crippen LogP contribution is 2.29. The highest BCUT2D eigenvalue weighted by Gasteiger charge is 2.25. The third-order valence-corrected chi connectivity index (χ3v) is 3.23. The molecule has 0 heterocycles. The molecular weight excluding hydrogens is 170 g/mol. The van der Waals surface area contributed by atoms with E-state index in [9.17, 15) is 0 Å². The van der Waals surface area contributed by atoms with Crippen LogP contribution in [0.3, 0.4) is 0 Å². The van der Waals surface area contributed by atoms with E-state index in [1.807, 2.05) is 0 Å². The zero-order chi connectivity index (χ0) is 10.6. The van der Waals surface area contributed by atoms with E-state index in [1.165, 1.54) is 32.1 Å². The fourth-order valence-corrected chi connectivity index (χ4v) is 2.74. The fraction of sp³-hybridized carbons (Fsp3) is 1.00. The quantitative estimate of drug-likeness (QED) is 0.726. The summed E-state index contributed by atoms with van der Waals surface area (Å²) in [6.07, 6.45) is 7.13. The van der Waals surface area contributed by atoms with Crippen molar-refractivity contribution in [3.63, 3.8) is 0 Å². The standard InChI is InChI=1S/C13H27N/c1-10(2)9-12-7-5-6-8-13(12)14-11(3)4/h10-14H,5-9H2,1-4H3/t12-,13+/m1/s1. The Morgan fingerprint density at radius 3 is 2.29 bits per heavy atom. The molecule has 0 spiro atoms. The summed E-state index contributed by atoms with van der Waals surface area (Å²) in [6, 6.07) is 1.44. The second-order valence-electron chi connectivity index (χ2n) is 5.60. The molecule has 1 saturated carbocycles. The van der Waals surface area contributed by atoms with Crippen LogP contribution in [0.5, 0.6) is 0 Å². The predicted molar refractivity (Wildman–Crippen MR) is 63.5 cm³/mol. The van der Waals surface area contributed by atoms with Crippen molar-refractivity contribution in [3.05, 3.63) is 0 Å². The van der Waals surface area contributed by atoms with Gasteiger partial charge in [0.25, 0.3) is 0 Å². The minimum atomic E-state index is 0.646. The molecule has 0 aliphatic heterocycles. The summed E-state index contributed by atoms with van der Waals surface area (Å²) in [5.74, 6) is 1.79. The van der Waals surface area contributed by atoms with Crippen LogP contribution in [0.1, 0.15) is 59.8 Å². The van der Waals surface area contributed by atoms with Crippen molar-refractivity contribution in [2.45, 2.75) is 71.9 Å². The molecule has 0 bridgehead atoms. The highest BCUT2D eigenvalue weighted by molar-refractivity contribution is 4.82. The molecule has 1 heteroatoms. The van der Waals surface area contributed by atoms with Crippen molar-refractivity contribution in [2.75, 3.05) is 0 Å². The lowest BCUT2D eigenvalue weighted by Crippen LogP contribution is -2.42. The van der Waals surface area contributed by atoms with E-state index < -0.39 is 0 Å². The maximum absolute atomic E-state index is 3.74. The van der Waals surface area contributed by atoms with Gasteiger partial charge in [0.15, 0.2) is 0 Å². The summed E-state index contributed by atoms with van der Waals surface area (Å²) in [6.45, 7) is 9.23. The average molecular weight is 197 g/mol. The molecule has 1 aliphatic rings. The normalized spacial score (nSPS) is 28.7. The molecule has 1 nitrogen and oxygen atoms in total. The molecule has 2 atom stereocenters. The minimum Gasteiger partial charge on any atom is -0.312 e. The monoisotopic (exact) mass is 197 g/mol. The number of nitrogens with one attached hydrogen (secondary N) is 1. The van der Waals surface area contributed by atoms with E-state index in [-0.39, 0.29) is 0 Å². The maximum Gasteiger partial charge on any atom is 0.00977 e. The van der Waals surface area contributed by atoms with Crippen LogP contribution in [0, 0.1) is 11.8 Å². The summed E-state index contributed by atoms with van der Waals surface area (Å²) >= 11 is 0. The van der Waals surface area contributed by atoms with Gasteiger partial charge in [-0.3, -0.25) is 0 Å². The van der Waals surface area contributed by atoms with Crippen LogP contribution >= 0.6 is 0 Å². The van der Waals surface area contributed by atoms with Gasteiger partial charge in [0.05, 0.1) is 0 Å². The molecule has 1 rings (SSSR count). The Bertz CT molecular complexity index is 133.